The van der Waals surface area contributed by atoms with E-state index in [2.05, 4.69) is 9.97 Å². The molecule has 0 atom stereocenters. The van der Waals surface area contributed by atoms with Crippen molar-refractivity contribution in [1.82, 2.24) is 14.4 Å². The van der Waals surface area contributed by atoms with Crippen molar-refractivity contribution in [3.63, 3.8) is 0 Å². The highest BCUT2D eigenvalue weighted by Crippen LogP contribution is 2.25. The van der Waals surface area contributed by atoms with E-state index >= 15 is 0 Å². The van der Waals surface area contributed by atoms with E-state index in [0.29, 0.717) is 16.4 Å². The summed E-state index contributed by atoms with van der Waals surface area (Å²) < 4.78 is 7.25. The van der Waals surface area contributed by atoms with E-state index in [1.54, 1.807) is 41.9 Å². The maximum atomic E-state index is 11.0. The number of aryl methyl sites for hydroxylation is 1. The van der Waals surface area contributed by atoms with Crippen LogP contribution in [0.25, 0.3) is 5.65 Å². The second kappa shape index (κ2) is 5.61. The van der Waals surface area contributed by atoms with E-state index in [4.69, 9.17) is 16.3 Å². The Kier molecular flexibility index (Phi) is 3.64. The maximum Gasteiger partial charge on any atom is 0.406 e. The molecule has 8 heteroatoms. The lowest BCUT2D eigenvalue weighted by atomic mass is 10.3. The highest BCUT2D eigenvalue weighted by atomic mass is 35.5. The Labute approximate surface area is 130 Å². The largest absolute Gasteiger partial charge is 0.479 e. The number of aromatic nitrogens is 3. The molecule has 0 aliphatic heterocycles. The molecule has 0 aliphatic carbocycles. The van der Waals surface area contributed by atoms with Crippen molar-refractivity contribution in [2.75, 3.05) is 0 Å². The second-order valence-corrected chi connectivity index (χ2v) is 5.10. The first-order valence-corrected chi connectivity index (χ1v) is 6.79. The van der Waals surface area contributed by atoms with Gasteiger partial charge in [0.15, 0.2) is 0 Å². The molecule has 3 aromatic rings. The minimum atomic E-state index is -0.564. The zero-order valence-electron chi connectivity index (χ0n) is 11.6. The topological polar surface area (TPSA) is 82.6 Å². The summed E-state index contributed by atoms with van der Waals surface area (Å²) in [5.41, 5.74) is 1.91. The van der Waals surface area contributed by atoms with E-state index in [-0.39, 0.29) is 18.2 Å². The molecule has 0 fully saturated rings. The van der Waals surface area contributed by atoms with Crippen LogP contribution in [0.4, 0.5) is 5.82 Å². The van der Waals surface area contributed by atoms with Crippen LogP contribution in [0.2, 0.25) is 5.02 Å². The molecule has 0 N–H and O–H groups in total. The van der Waals surface area contributed by atoms with Crippen molar-refractivity contribution in [2.45, 2.75) is 13.5 Å². The molecule has 7 nitrogen and oxygen atoms in total. The lowest BCUT2D eigenvalue weighted by molar-refractivity contribution is -0.390. The summed E-state index contributed by atoms with van der Waals surface area (Å²) >= 11 is 5.91. The summed E-state index contributed by atoms with van der Waals surface area (Å²) in [4.78, 5) is 18.7. The molecule has 0 bridgehead atoms. The van der Waals surface area contributed by atoms with Crippen LogP contribution in [0.5, 0.6) is 5.75 Å². The van der Waals surface area contributed by atoms with Crippen LogP contribution in [-0.2, 0) is 6.61 Å². The molecule has 0 saturated carbocycles. The van der Waals surface area contributed by atoms with Crippen molar-refractivity contribution in [2.24, 2.45) is 0 Å². The summed E-state index contributed by atoms with van der Waals surface area (Å²) in [6, 6.07) is 6.71. The summed E-state index contributed by atoms with van der Waals surface area (Å²) in [5, 5.41) is 11.6. The number of pyridine rings is 2. The van der Waals surface area contributed by atoms with Gasteiger partial charge in [-0.2, -0.15) is 0 Å². The van der Waals surface area contributed by atoms with Crippen molar-refractivity contribution in [1.29, 1.82) is 0 Å². The predicted molar refractivity (Wildman–Crippen MR) is 80.2 cm³/mol. The molecule has 0 spiro atoms. The molecule has 0 saturated heterocycles. The fraction of sp³-hybridized carbons (Fsp3) is 0.143. The van der Waals surface area contributed by atoms with Gasteiger partial charge in [0.05, 0.1) is 10.7 Å². The lowest BCUT2D eigenvalue weighted by Gasteiger charge is -2.04. The van der Waals surface area contributed by atoms with Crippen LogP contribution in [0.3, 0.4) is 0 Å². The van der Waals surface area contributed by atoms with Gasteiger partial charge < -0.3 is 19.3 Å². The first kappa shape index (κ1) is 14.3. The van der Waals surface area contributed by atoms with Gasteiger partial charge in [-0.3, -0.25) is 0 Å². The van der Waals surface area contributed by atoms with Gasteiger partial charge in [0.25, 0.3) is 0 Å². The van der Waals surface area contributed by atoms with Crippen molar-refractivity contribution < 1.29 is 9.66 Å². The third-order valence-electron chi connectivity index (χ3n) is 2.99. The Balaban J connectivity index is 1.83. The number of hydrogen-bond donors (Lipinski definition) is 0. The van der Waals surface area contributed by atoms with Crippen LogP contribution in [0.15, 0.2) is 36.7 Å². The van der Waals surface area contributed by atoms with Gasteiger partial charge in [0, 0.05) is 19.3 Å². The molecule has 112 valence electrons. The Morgan fingerprint density at radius 3 is 2.86 bits per heavy atom. The number of nitro groups is 1. The number of rotatable bonds is 4. The molecule has 3 rings (SSSR count). The van der Waals surface area contributed by atoms with Crippen molar-refractivity contribution in [3.05, 3.63) is 63.2 Å². The predicted octanol–water partition coefficient (Wildman–Crippen LogP) is 3.18. The van der Waals surface area contributed by atoms with Crippen LogP contribution < -0.4 is 4.74 Å². The molecule has 0 aromatic carbocycles. The zero-order valence-corrected chi connectivity index (χ0v) is 12.3. The Morgan fingerprint density at radius 2 is 2.09 bits per heavy atom. The van der Waals surface area contributed by atoms with Gasteiger partial charge in [-0.25, -0.2) is 4.98 Å². The molecule has 0 unspecified atom stereocenters. The average molecular weight is 319 g/mol. The summed E-state index contributed by atoms with van der Waals surface area (Å²) in [7, 11) is 0. The SMILES string of the molecule is Cc1ccc(OCc2cn3cc(Cl)ccc3n2)c([N+](=O)[O-])n1. The van der Waals surface area contributed by atoms with E-state index in [0.717, 1.165) is 5.65 Å². The van der Waals surface area contributed by atoms with E-state index in [9.17, 15) is 10.1 Å². The summed E-state index contributed by atoms with van der Waals surface area (Å²) in [5.74, 6) is -0.183. The molecule has 3 aromatic heterocycles. The van der Waals surface area contributed by atoms with E-state index in [1.165, 1.54) is 6.07 Å². The highest BCUT2D eigenvalue weighted by Gasteiger charge is 2.18. The quantitative estimate of drug-likeness (QED) is 0.545. The first-order chi connectivity index (χ1) is 10.5. The molecule has 0 radical (unpaired) electrons. The van der Waals surface area contributed by atoms with Crippen LogP contribution in [-0.4, -0.2) is 19.3 Å². The fourth-order valence-corrected chi connectivity index (χ4v) is 2.18. The molecular weight excluding hydrogens is 308 g/mol. The van der Waals surface area contributed by atoms with Gasteiger partial charge in [-0.15, -0.1) is 0 Å². The molecule has 0 amide bonds. The number of fused-ring (bicyclic) bond motifs is 1. The fourth-order valence-electron chi connectivity index (χ4n) is 2.01. The van der Waals surface area contributed by atoms with Gasteiger partial charge >= 0.3 is 5.82 Å². The molecular formula is C14H11ClN4O3. The van der Waals surface area contributed by atoms with Gasteiger partial charge in [-0.1, -0.05) is 11.6 Å². The monoisotopic (exact) mass is 318 g/mol. The minimum absolute atomic E-state index is 0.102. The Morgan fingerprint density at radius 1 is 1.27 bits per heavy atom. The Hall–Kier alpha value is -2.67. The van der Waals surface area contributed by atoms with Crippen LogP contribution in [0, 0.1) is 17.0 Å². The zero-order chi connectivity index (χ0) is 15.7. The third-order valence-corrected chi connectivity index (χ3v) is 3.22. The van der Waals surface area contributed by atoms with Crippen molar-refractivity contribution in [3.8, 4) is 5.75 Å². The smallest absolute Gasteiger partial charge is 0.406 e. The van der Waals surface area contributed by atoms with Gasteiger partial charge in [0.2, 0.25) is 5.75 Å². The maximum absolute atomic E-state index is 11.0. The Bertz CT molecular complexity index is 862. The van der Waals surface area contributed by atoms with E-state index < -0.39 is 4.92 Å². The van der Waals surface area contributed by atoms with Gasteiger partial charge in [0.1, 0.15) is 17.9 Å². The lowest BCUT2D eigenvalue weighted by Crippen LogP contribution is -2.01. The van der Waals surface area contributed by atoms with Gasteiger partial charge in [-0.05, 0) is 34.2 Å². The highest BCUT2D eigenvalue weighted by molar-refractivity contribution is 6.30. The van der Waals surface area contributed by atoms with E-state index in [1.807, 2.05) is 0 Å². The van der Waals surface area contributed by atoms with Crippen LogP contribution >= 0.6 is 11.6 Å². The van der Waals surface area contributed by atoms with Crippen LogP contribution in [0.1, 0.15) is 11.4 Å². The van der Waals surface area contributed by atoms with Crippen molar-refractivity contribution >= 4 is 23.1 Å². The second-order valence-electron chi connectivity index (χ2n) is 4.67. The number of ether oxygens (including phenoxy) is 1. The number of halogens is 1. The standard InChI is InChI=1S/C14H11ClN4O3/c1-9-2-4-12(14(16-9)19(20)21)22-8-11-7-18-6-10(15)3-5-13(18)17-11/h2-7H,8H2,1H3. The number of imidazole rings is 1. The molecule has 22 heavy (non-hydrogen) atoms. The third kappa shape index (κ3) is 2.84. The summed E-state index contributed by atoms with van der Waals surface area (Å²) in [6.45, 7) is 1.79. The molecule has 0 aliphatic rings. The average Bonchev–Trinajstić information content (AvgIpc) is 2.87. The molecule has 3 heterocycles. The minimum Gasteiger partial charge on any atom is -0.479 e. The normalized spacial score (nSPS) is 10.8. The number of nitrogens with zero attached hydrogens (tertiary/aromatic N) is 4. The first-order valence-electron chi connectivity index (χ1n) is 6.41. The summed E-state index contributed by atoms with van der Waals surface area (Å²) in [6.07, 6.45) is 3.48. The number of hydrogen-bond acceptors (Lipinski definition) is 5.